The van der Waals surface area contributed by atoms with Crippen molar-refractivity contribution >= 4 is 0 Å². The molecule has 0 radical (unpaired) electrons. The number of unbranched alkanes of at least 4 members (excludes halogenated alkanes) is 1. The highest BCUT2D eigenvalue weighted by molar-refractivity contribution is 5.36. The molecule has 0 aliphatic carbocycles. The maximum atomic E-state index is 5.23. The summed E-state index contributed by atoms with van der Waals surface area (Å²) in [6.45, 7) is 3.20. The van der Waals surface area contributed by atoms with Crippen LogP contribution in [-0.2, 0) is 6.42 Å². The van der Waals surface area contributed by atoms with Crippen molar-refractivity contribution in [2.24, 2.45) is 0 Å². The van der Waals surface area contributed by atoms with Gasteiger partial charge in [-0.15, -0.1) is 0 Å². The maximum absolute atomic E-state index is 5.23. The Morgan fingerprint density at radius 1 is 1.27 bits per heavy atom. The molecule has 2 heteroatoms. The van der Waals surface area contributed by atoms with Crippen LogP contribution in [0.4, 0.5) is 0 Å². The van der Waals surface area contributed by atoms with Gasteiger partial charge in [0.25, 0.3) is 0 Å². The molecule has 1 aromatic rings. The third-order valence-corrected chi connectivity index (χ3v) is 2.60. The molecule has 0 saturated heterocycles. The van der Waals surface area contributed by atoms with Crippen molar-refractivity contribution in [2.75, 3.05) is 20.7 Å². The van der Waals surface area contributed by atoms with Gasteiger partial charge in [0.2, 0.25) is 0 Å². The summed E-state index contributed by atoms with van der Waals surface area (Å²) in [5.41, 5.74) is 2.63. The summed E-state index contributed by atoms with van der Waals surface area (Å²) in [4.78, 5) is 0. The second-order valence-corrected chi connectivity index (χ2v) is 3.86. The molecule has 0 fully saturated rings. The van der Waals surface area contributed by atoms with E-state index in [9.17, 15) is 0 Å². The van der Waals surface area contributed by atoms with Gasteiger partial charge in [0.05, 0.1) is 7.11 Å². The molecule has 84 valence electrons. The second kappa shape index (κ2) is 6.46. The average Bonchev–Trinajstić information content (AvgIpc) is 2.25. The van der Waals surface area contributed by atoms with E-state index in [0.29, 0.717) is 0 Å². The minimum absolute atomic E-state index is 0.981. The quantitative estimate of drug-likeness (QED) is 0.724. The van der Waals surface area contributed by atoms with Crippen molar-refractivity contribution in [2.45, 2.75) is 26.2 Å². The zero-order valence-electron chi connectivity index (χ0n) is 9.97. The van der Waals surface area contributed by atoms with Gasteiger partial charge in [-0.1, -0.05) is 12.1 Å². The lowest BCUT2D eigenvalue weighted by Crippen LogP contribution is -2.07. The summed E-state index contributed by atoms with van der Waals surface area (Å²) in [6, 6.07) is 6.44. The highest BCUT2D eigenvalue weighted by Gasteiger charge is 1.99. The Bertz CT molecular complexity index is 297. The molecule has 2 nitrogen and oxygen atoms in total. The van der Waals surface area contributed by atoms with Crippen LogP contribution in [0.25, 0.3) is 0 Å². The molecule has 1 rings (SSSR count). The molecule has 1 N–H and O–H groups in total. The van der Waals surface area contributed by atoms with Crippen LogP contribution in [0.1, 0.15) is 24.0 Å². The second-order valence-electron chi connectivity index (χ2n) is 3.86. The predicted molar refractivity (Wildman–Crippen MR) is 64.6 cm³/mol. The third kappa shape index (κ3) is 3.92. The van der Waals surface area contributed by atoms with Crippen molar-refractivity contribution in [1.82, 2.24) is 5.32 Å². The zero-order chi connectivity index (χ0) is 11.1. The largest absolute Gasteiger partial charge is 0.496 e. The van der Waals surface area contributed by atoms with Crippen LogP contribution in [0.15, 0.2) is 18.2 Å². The van der Waals surface area contributed by atoms with E-state index in [2.05, 4.69) is 30.4 Å². The van der Waals surface area contributed by atoms with E-state index in [1.165, 1.54) is 24.0 Å². The summed E-state index contributed by atoms with van der Waals surface area (Å²) >= 11 is 0. The van der Waals surface area contributed by atoms with Crippen LogP contribution >= 0.6 is 0 Å². The van der Waals surface area contributed by atoms with E-state index in [4.69, 9.17) is 4.74 Å². The van der Waals surface area contributed by atoms with E-state index in [1.807, 2.05) is 7.05 Å². The molecule has 1 aromatic carbocycles. The molecule has 0 aromatic heterocycles. The predicted octanol–water partition coefficient (Wildman–Crippen LogP) is 2.55. The smallest absolute Gasteiger partial charge is 0.121 e. The minimum atomic E-state index is 0.981. The summed E-state index contributed by atoms with van der Waals surface area (Å²) in [6.07, 6.45) is 3.64. The summed E-state index contributed by atoms with van der Waals surface area (Å²) < 4.78 is 5.23. The number of ether oxygens (including phenoxy) is 1. The number of aryl methyl sites for hydroxylation is 2. The molecule has 0 unspecified atom stereocenters. The van der Waals surface area contributed by atoms with Gasteiger partial charge in [-0.25, -0.2) is 0 Å². The lowest BCUT2D eigenvalue weighted by Gasteiger charge is -2.07. The van der Waals surface area contributed by atoms with E-state index in [-0.39, 0.29) is 0 Å². The zero-order valence-corrected chi connectivity index (χ0v) is 9.97. The van der Waals surface area contributed by atoms with Gasteiger partial charge < -0.3 is 10.1 Å². The minimum Gasteiger partial charge on any atom is -0.496 e. The van der Waals surface area contributed by atoms with E-state index in [1.54, 1.807) is 7.11 Å². The van der Waals surface area contributed by atoms with Gasteiger partial charge in [-0.2, -0.15) is 0 Å². The molecule has 0 spiro atoms. The Labute approximate surface area is 92.6 Å². The van der Waals surface area contributed by atoms with Crippen molar-refractivity contribution < 1.29 is 4.74 Å². The fourth-order valence-corrected chi connectivity index (χ4v) is 1.73. The van der Waals surface area contributed by atoms with Crippen molar-refractivity contribution in [3.8, 4) is 5.75 Å². The van der Waals surface area contributed by atoms with Crippen LogP contribution in [0.3, 0.4) is 0 Å². The molecule has 0 heterocycles. The van der Waals surface area contributed by atoms with Crippen molar-refractivity contribution in [1.29, 1.82) is 0 Å². The Hall–Kier alpha value is -1.02. The molecular weight excluding hydrogens is 186 g/mol. The third-order valence-electron chi connectivity index (χ3n) is 2.60. The summed E-state index contributed by atoms with van der Waals surface area (Å²) in [5, 5.41) is 3.16. The van der Waals surface area contributed by atoms with E-state index < -0.39 is 0 Å². The van der Waals surface area contributed by atoms with E-state index in [0.717, 1.165) is 18.7 Å². The number of rotatable bonds is 6. The SMILES string of the molecule is CNCCCCc1ccc(OC)c(C)c1. The normalized spacial score (nSPS) is 10.3. The Kier molecular flexibility index (Phi) is 5.19. The number of methoxy groups -OCH3 is 1. The molecule has 15 heavy (non-hydrogen) atoms. The van der Waals surface area contributed by atoms with Gasteiger partial charge in [0, 0.05) is 0 Å². The van der Waals surface area contributed by atoms with Gasteiger partial charge in [0.1, 0.15) is 5.75 Å². The fraction of sp³-hybridized carbons (Fsp3) is 0.538. The molecular formula is C13H21NO. The van der Waals surface area contributed by atoms with Gasteiger partial charge in [-0.3, -0.25) is 0 Å². The van der Waals surface area contributed by atoms with Crippen LogP contribution in [0.2, 0.25) is 0 Å². The standard InChI is InChI=1S/C13H21NO/c1-11-10-12(6-4-5-9-14-2)7-8-13(11)15-3/h7-8,10,14H,4-6,9H2,1-3H3. The number of benzene rings is 1. The fourth-order valence-electron chi connectivity index (χ4n) is 1.73. The highest BCUT2D eigenvalue weighted by Crippen LogP contribution is 2.19. The van der Waals surface area contributed by atoms with Gasteiger partial charge >= 0.3 is 0 Å². The molecule has 0 aliphatic rings. The molecule has 0 bridgehead atoms. The molecule has 0 aliphatic heterocycles. The van der Waals surface area contributed by atoms with Crippen LogP contribution in [0, 0.1) is 6.92 Å². The maximum Gasteiger partial charge on any atom is 0.121 e. The van der Waals surface area contributed by atoms with Gasteiger partial charge in [0.15, 0.2) is 0 Å². The van der Waals surface area contributed by atoms with Crippen LogP contribution in [-0.4, -0.2) is 20.7 Å². The lowest BCUT2D eigenvalue weighted by molar-refractivity contribution is 0.411. The molecule has 0 atom stereocenters. The molecule has 0 amide bonds. The lowest BCUT2D eigenvalue weighted by atomic mass is 10.1. The number of hydrogen-bond donors (Lipinski definition) is 1. The Morgan fingerprint density at radius 3 is 2.67 bits per heavy atom. The first-order valence-corrected chi connectivity index (χ1v) is 5.56. The number of hydrogen-bond acceptors (Lipinski definition) is 2. The van der Waals surface area contributed by atoms with Crippen molar-refractivity contribution in [3.05, 3.63) is 29.3 Å². The topological polar surface area (TPSA) is 21.3 Å². The summed E-state index contributed by atoms with van der Waals surface area (Å²) in [7, 11) is 3.71. The monoisotopic (exact) mass is 207 g/mol. The first-order chi connectivity index (χ1) is 7.27. The Morgan fingerprint density at radius 2 is 2.07 bits per heavy atom. The average molecular weight is 207 g/mol. The first kappa shape index (κ1) is 12.1. The van der Waals surface area contributed by atoms with Crippen molar-refractivity contribution in [3.63, 3.8) is 0 Å². The highest BCUT2D eigenvalue weighted by atomic mass is 16.5. The van der Waals surface area contributed by atoms with Crippen LogP contribution in [0.5, 0.6) is 5.75 Å². The summed E-state index contributed by atoms with van der Waals surface area (Å²) in [5.74, 6) is 0.981. The first-order valence-electron chi connectivity index (χ1n) is 5.56. The Balaban J connectivity index is 2.45. The van der Waals surface area contributed by atoms with E-state index >= 15 is 0 Å². The van der Waals surface area contributed by atoms with Crippen LogP contribution < -0.4 is 10.1 Å². The van der Waals surface area contributed by atoms with Gasteiger partial charge in [-0.05, 0) is 57.0 Å². The number of nitrogens with one attached hydrogen (secondary N) is 1. The molecule has 0 saturated carbocycles.